The van der Waals surface area contributed by atoms with Crippen molar-refractivity contribution in [3.05, 3.63) is 0 Å². The molecule has 2 aliphatic heterocycles. The second-order valence-electron chi connectivity index (χ2n) is 5.65. The number of rotatable bonds is 4. The lowest BCUT2D eigenvalue weighted by molar-refractivity contribution is -0.145. The standard InChI is InChI=1S/C14H24N2O3/c17-13(6-9-15-7-2-1-3-8-15)16-10-4-12(5-11-16)14(18)19/h12H,1-11H2,(H,18,19). The summed E-state index contributed by atoms with van der Waals surface area (Å²) < 4.78 is 0. The Kier molecular flexibility index (Phi) is 5.19. The molecule has 2 fully saturated rings. The van der Waals surface area contributed by atoms with Gasteiger partial charge >= 0.3 is 5.97 Å². The van der Waals surface area contributed by atoms with Gasteiger partial charge in [-0.2, -0.15) is 0 Å². The lowest BCUT2D eigenvalue weighted by Gasteiger charge is -2.31. The van der Waals surface area contributed by atoms with Crippen LogP contribution < -0.4 is 0 Å². The van der Waals surface area contributed by atoms with Gasteiger partial charge in [0.25, 0.3) is 0 Å². The van der Waals surface area contributed by atoms with Gasteiger partial charge in [-0.3, -0.25) is 9.59 Å². The number of carbonyl (C=O) groups is 2. The Morgan fingerprint density at radius 3 is 2.21 bits per heavy atom. The summed E-state index contributed by atoms with van der Waals surface area (Å²) in [6, 6.07) is 0. The minimum absolute atomic E-state index is 0.189. The molecule has 108 valence electrons. The number of hydrogen-bond donors (Lipinski definition) is 1. The number of hydrogen-bond acceptors (Lipinski definition) is 3. The number of piperidine rings is 2. The van der Waals surface area contributed by atoms with Crippen molar-refractivity contribution in [2.24, 2.45) is 5.92 Å². The molecule has 1 N–H and O–H groups in total. The van der Waals surface area contributed by atoms with E-state index >= 15 is 0 Å². The normalized spacial score (nSPS) is 22.4. The molecule has 2 rings (SSSR count). The average molecular weight is 268 g/mol. The molecule has 2 saturated heterocycles. The molecule has 0 aromatic rings. The molecule has 5 nitrogen and oxygen atoms in total. The number of likely N-dealkylation sites (tertiary alicyclic amines) is 2. The van der Waals surface area contributed by atoms with Crippen LogP contribution in [0, 0.1) is 5.92 Å². The summed E-state index contributed by atoms with van der Waals surface area (Å²) in [5, 5.41) is 8.93. The van der Waals surface area contributed by atoms with Crippen molar-refractivity contribution >= 4 is 11.9 Å². The SMILES string of the molecule is O=C(O)C1CCN(C(=O)CCN2CCCCC2)CC1. The Labute approximate surface area is 114 Å². The zero-order valence-electron chi connectivity index (χ0n) is 11.5. The monoisotopic (exact) mass is 268 g/mol. The molecule has 0 bridgehead atoms. The fourth-order valence-corrected chi connectivity index (χ4v) is 2.97. The van der Waals surface area contributed by atoms with Gasteiger partial charge in [0.1, 0.15) is 0 Å². The molecule has 0 unspecified atom stereocenters. The summed E-state index contributed by atoms with van der Waals surface area (Å²) in [6.07, 6.45) is 5.59. The molecule has 0 radical (unpaired) electrons. The first kappa shape index (κ1) is 14.3. The summed E-state index contributed by atoms with van der Waals surface area (Å²) in [7, 11) is 0. The molecule has 0 aromatic heterocycles. The molecule has 19 heavy (non-hydrogen) atoms. The van der Waals surface area contributed by atoms with E-state index in [0.717, 1.165) is 19.6 Å². The second kappa shape index (κ2) is 6.89. The van der Waals surface area contributed by atoms with Gasteiger partial charge in [-0.15, -0.1) is 0 Å². The van der Waals surface area contributed by atoms with Crippen LogP contribution in [0.2, 0.25) is 0 Å². The third-order valence-corrected chi connectivity index (χ3v) is 4.29. The van der Waals surface area contributed by atoms with E-state index in [9.17, 15) is 9.59 Å². The smallest absolute Gasteiger partial charge is 0.306 e. The molecule has 0 aliphatic carbocycles. The highest BCUT2D eigenvalue weighted by atomic mass is 16.4. The third kappa shape index (κ3) is 4.20. The number of carbonyl (C=O) groups excluding carboxylic acids is 1. The zero-order valence-corrected chi connectivity index (χ0v) is 11.5. The van der Waals surface area contributed by atoms with E-state index in [1.807, 2.05) is 4.90 Å². The van der Waals surface area contributed by atoms with Gasteiger partial charge < -0.3 is 14.9 Å². The van der Waals surface area contributed by atoms with Gasteiger partial charge in [-0.25, -0.2) is 0 Å². The fourth-order valence-electron chi connectivity index (χ4n) is 2.97. The average Bonchev–Trinajstić information content (AvgIpc) is 2.46. The van der Waals surface area contributed by atoms with E-state index in [1.54, 1.807) is 0 Å². The number of nitrogens with zero attached hydrogens (tertiary/aromatic N) is 2. The summed E-state index contributed by atoms with van der Waals surface area (Å²) >= 11 is 0. The number of amides is 1. The summed E-state index contributed by atoms with van der Waals surface area (Å²) in [4.78, 5) is 27.1. The molecular weight excluding hydrogens is 244 g/mol. The summed E-state index contributed by atoms with van der Waals surface area (Å²) in [5.74, 6) is -0.791. The molecule has 0 atom stereocenters. The Hall–Kier alpha value is -1.10. The van der Waals surface area contributed by atoms with Crippen LogP contribution in [0.25, 0.3) is 0 Å². The predicted molar refractivity (Wildman–Crippen MR) is 71.8 cm³/mol. The van der Waals surface area contributed by atoms with Crippen molar-refractivity contribution in [1.82, 2.24) is 9.80 Å². The summed E-state index contributed by atoms with van der Waals surface area (Å²) in [5.41, 5.74) is 0. The predicted octanol–water partition coefficient (Wildman–Crippen LogP) is 1.19. The van der Waals surface area contributed by atoms with Crippen LogP contribution in [0.4, 0.5) is 0 Å². The first-order chi connectivity index (χ1) is 9.16. The number of carboxylic acids is 1. The molecule has 0 aromatic carbocycles. The molecule has 0 spiro atoms. The van der Waals surface area contributed by atoms with Crippen LogP contribution in [0.3, 0.4) is 0 Å². The van der Waals surface area contributed by atoms with Crippen LogP contribution >= 0.6 is 0 Å². The van der Waals surface area contributed by atoms with Crippen molar-refractivity contribution in [3.63, 3.8) is 0 Å². The van der Waals surface area contributed by atoms with Crippen LogP contribution in [-0.2, 0) is 9.59 Å². The van der Waals surface area contributed by atoms with Gasteiger partial charge in [0, 0.05) is 26.1 Å². The summed E-state index contributed by atoms with van der Waals surface area (Å²) in [6.45, 7) is 4.31. The van der Waals surface area contributed by atoms with E-state index in [4.69, 9.17) is 5.11 Å². The molecule has 2 heterocycles. The third-order valence-electron chi connectivity index (χ3n) is 4.29. The topological polar surface area (TPSA) is 60.9 Å². The first-order valence-corrected chi connectivity index (χ1v) is 7.40. The van der Waals surface area contributed by atoms with E-state index in [-0.39, 0.29) is 11.8 Å². The van der Waals surface area contributed by atoms with Crippen LogP contribution in [0.1, 0.15) is 38.5 Å². The van der Waals surface area contributed by atoms with Crippen LogP contribution in [0.5, 0.6) is 0 Å². The number of carboxylic acid groups (broad SMARTS) is 1. The van der Waals surface area contributed by atoms with Gasteiger partial charge in [0.05, 0.1) is 5.92 Å². The minimum atomic E-state index is -0.722. The van der Waals surface area contributed by atoms with Gasteiger partial charge in [0.2, 0.25) is 5.91 Å². The van der Waals surface area contributed by atoms with Crippen molar-refractivity contribution in [2.45, 2.75) is 38.5 Å². The maximum Gasteiger partial charge on any atom is 0.306 e. The van der Waals surface area contributed by atoms with E-state index < -0.39 is 5.97 Å². The highest BCUT2D eigenvalue weighted by molar-refractivity contribution is 5.77. The van der Waals surface area contributed by atoms with Crippen molar-refractivity contribution < 1.29 is 14.7 Å². The first-order valence-electron chi connectivity index (χ1n) is 7.40. The second-order valence-corrected chi connectivity index (χ2v) is 5.65. The molecule has 2 aliphatic rings. The lowest BCUT2D eigenvalue weighted by Crippen LogP contribution is -2.42. The van der Waals surface area contributed by atoms with Crippen LogP contribution in [0.15, 0.2) is 0 Å². The minimum Gasteiger partial charge on any atom is -0.481 e. The Morgan fingerprint density at radius 2 is 1.63 bits per heavy atom. The molecular formula is C14H24N2O3. The quantitative estimate of drug-likeness (QED) is 0.832. The van der Waals surface area contributed by atoms with E-state index in [0.29, 0.717) is 32.4 Å². The highest BCUT2D eigenvalue weighted by Crippen LogP contribution is 2.18. The Balaban J connectivity index is 1.67. The van der Waals surface area contributed by atoms with Gasteiger partial charge in [-0.05, 0) is 38.8 Å². The van der Waals surface area contributed by atoms with E-state index in [1.165, 1.54) is 19.3 Å². The Bertz CT molecular complexity index is 319. The Morgan fingerprint density at radius 1 is 1.00 bits per heavy atom. The van der Waals surface area contributed by atoms with Gasteiger partial charge in [0.15, 0.2) is 0 Å². The molecule has 0 saturated carbocycles. The fraction of sp³-hybridized carbons (Fsp3) is 0.857. The highest BCUT2D eigenvalue weighted by Gasteiger charge is 2.26. The van der Waals surface area contributed by atoms with Gasteiger partial charge in [-0.1, -0.05) is 6.42 Å². The number of aliphatic carboxylic acids is 1. The van der Waals surface area contributed by atoms with Crippen molar-refractivity contribution in [3.8, 4) is 0 Å². The molecule has 5 heteroatoms. The molecule has 1 amide bonds. The van der Waals surface area contributed by atoms with Crippen molar-refractivity contribution in [2.75, 3.05) is 32.7 Å². The largest absolute Gasteiger partial charge is 0.481 e. The maximum absolute atomic E-state index is 12.1. The zero-order chi connectivity index (χ0) is 13.7. The maximum atomic E-state index is 12.1. The lowest BCUT2D eigenvalue weighted by atomic mass is 9.97. The van der Waals surface area contributed by atoms with Crippen LogP contribution in [-0.4, -0.2) is 59.5 Å². The van der Waals surface area contributed by atoms with Crippen molar-refractivity contribution in [1.29, 1.82) is 0 Å². The van der Waals surface area contributed by atoms with E-state index in [2.05, 4.69) is 4.90 Å².